The maximum Gasteiger partial charge on any atom is 0.194 e. The zero-order valence-corrected chi connectivity index (χ0v) is 19.0. The number of hydrogen-bond donors (Lipinski definition) is 1. The predicted molar refractivity (Wildman–Crippen MR) is 120 cm³/mol. The highest BCUT2D eigenvalue weighted by Gasteiger charge is 2.21. The average Bonchev–Trinajstić information content (AvgIpc) is 2.59. The molecule has 0 saturated carbocycles. The lowest BCUT2D eigenvalue weighted by molar-refractivity contribution is 0.0263. The van der Waals surface area contributed by atoms with Crippen LogP contribution in [0.3, 0.4) is 0 Å². The van der Waals surface area contributed by atoms with E-state index in [0.717, 1.165) is 58.1 Å². The summed E-state index contributed by atoms with van der Waals surface area (Å²) in [5.41, 5.74) is 2.60. The van der Waals surface area contributed by atoms with Gasteiger partial charge in [0.2, 0.25) is 0 Å². The second-order valence-electron chi connectivity index (χ2n) is 6.87. The van der Waals surface area contributed by atoms with Crippen molar-refractivity contribution in [3.8, 4) is 0 Å². The molecule has 1 aromatic rings. The molecule has 1 saturated heterocycles. The highest BCUT2D eigenvalue weighted by molar-refractivity contribution is 14.0. The summed E-state index contributed by atoms with van der Waals surface area (Å²) in [7, 11) is 4.19. The Labute approximate surface area is 176 Å². The normalized spacial score (nSPS) is 15.9. The fourth-order valence-electron chi connectivity index (χ4n) is 3.25. The Morgan fingerprint density at radius 1 is 1.23 bits per heavy atom. The van der Waals surface area contributed by atoms with E-state index in [0.29, 0.717) is 6.10 Å². The molecular weight excluding hydrogens is 439 g/mol. The Morgan fingerprint density at radius 3 is 2.54 bits per heavy atom. The number of likely N-dealkylation sites (tertiary alicyclic amines) is 1. The summed E-state index contributed by atoms with van der Waals surface area (Å²) in [6.45, 7) is 9.60. The number of nitrogens with one attached hydrogen (secondary N) is 1. The molecule has 0 radical (unpaired) electrons. The van der Waals surface area contributed by atoms with E-state index in [1.807, 2.05) is 0 Å². The number of hydrogen-bond acceptors (Lipinski definition) is 3. The smallest absolute Gasteiger partial charge is 0.194 e. The lowest BCUT2D eigenvalue weighted by Crippen LogP contribution is -2.47. The van der Waals surface area contributed by atoms with Gasteiger partial charge in [0.1, 0.15) is 0 Å². The first-order valence-electron chi connectivity index (χ1n) is 9.49. The Bertz CT molecular complexity index is 542. The van der Waals surface area contributed by atoms with Gasteiger partial charge in [-0.25, -0.2) is 4.99 Å². The maximum absolute atomic E-state index is 5.75. The van der Waals surface area contributed by atoms with E-state index in [1.54, 1.807) is 0 Å². The van der Waals surface area contributed by atoms with E-state index in [4.69, 9.17) is 9.73 Å². The molecule has 1 aliphatic heterocycles. The molecule has 1 heterocycles. The SMILES string of the molecule is CCNC(=NCc1cccc(CN(C)C)c1)N1CCC(OCC)CC1.I. The van der Waals surface area contributed by atoms with Gasteiger partial charge in [-0.15, -0.1) is 24.0 Å². The number of piperidine rings is 1. The summed E-state index contributed by atoms with van der Waals surface area (Å²) in [6.07, 6.45) is 2.57. The topological polar surface area (TPSA) is 40.1 Å². The highest BCUT2D eigenvalue weighted by atomic mass is 127. The number of rotatable bonds is 7. The van der Waals surface area contributed by atoms with Crippen LogP contribution in [0.25, 0.3) is 0 Å². The van der Waals surface area contributed by atoms with Crippen LogP contribution in [-0.2, 0) is 17.8 Å². The molecule has 1 N–H and O–H groups in total. The molecular formula is C20H35IN4O. The summed E-state index contributed by atoms with van der Waals surface area (Å²) < 4.78 is 5.75. The first kappa shape index (κ1) is 23.2. The van der Waals surface area contributed by atoms with E-state index in [-0.39, 0.29) is 24.0 Å². The van der Waals surface area contributed by atoms with Crippen LogP contribution < -0.4 is 5.32 Å². The van der Waals surface area contributed by atoms with Crippen LogP contribution in [0.5, 0.6) is 0 Å². The van der Waals surface area contributed by atoms with Gasteiger partial charge >= 0.3 is 0 Å². The van der Waals surface area contributed by atoms with Gasteiger partial charge in [0, 0.05) is 32.8 Å². The number of ether oxygens (including phenoxy) is 1. The third-order valence-electron chi connectivity index (χ3n) is 4.38. The number of guanidine groups is 1. The average molecular weight is 474 g/mol. The lowest BCUT2D eigenvalue weighted by Gasteiger charge is -2.34. The summed E-state index contributed by atoms with van der Waals surface area (Å²) in [5, 5.41) is 3.44. The van der Waals surface area contributed by atoms with Crippen LogP contribution in [0.15, 0.2) is 29.3 Å². The number of halogens is 1. The molecule has 0 unspecified atom stereocenters. The van der Waals surface area contributed by atoms with Crippen LogP contribution >= 0.6 is 24.0 Å². The second-order valence-corrected chi connectivity index (χ2v) is 6.87. The van der Waals surface area contributed by atoms with E-state index in [2.05, 4.69) is 67.3 Å². The predicted octanol–water partition coefficient (Wildman–Crippen LogP) is 3.33. The molecule has 0 aromatic heterocycles. The number of benzene rings is 1. The standard InChI is InChI=1S/C20H34N4O.HI/c1-5-21-20(24-12-10-19(11-13-24)25-6-2)22-15-17-8-7-9-18(14-17)16-23(3)4;/h7-9,14,19H,5-6,10-13,15-16H2,1-4H3,(H,21,22);1H. The van der Waals surface area contributed by atoms with E-state index >= 15 is 0 Å². The third-order valence-corrected chi connectivity index (χ3v) is 4.38. The van der Waals surface area contributed by atoms with Gasteiger partial charge in [-0.05, 0) is 51.9 Å². The molecule has 2 rings (SSSR count). The van der Waals surface area contributed by atoms with Crippen LogP contribution in [0.1, 0.15) is 37.8 Å². The summed E-state index contributed by atoms with van der Waals surface area (Å²) in [4.78, 5) is 9.43. The zero-order chi connectivity index (χ0) is 18.1. The van der Waals surface area contributed by atoms with Crippen molar-refractivity contribution in [3.63, 3.8) is 0 Å². The minimum absolute atomic E-state index is 0. The van der Waals surface area contributed by atoms with Gasteiger partial charge in [0.05, 0.1) is 12.6 Å². The van der Waals surface area contributed by atoms with Crippen molar-refractivity contribution in [3.05, 3.63) is 35.4 Å². The lowest BCUT2D eigenvalue weighted by atomic mass is 10.1. The third kappa shape index (κ3) is 7.80. The van der Waals surface area contributed by atoms with Crippen LogP contribution in [-0.4, -0.2) is 62.2 Å². The molecule has 26 heavy (non-hydrogen) atoms. The summed E-state index contributed by atoms with van der Waals surface area (Å²) in [6, 6.07) is 8.73. The van der Waals surface area contributed by atoms with Gasteiger partial charge < -0.3 is 19.9 Å². The zero-order valence-electron chi connectivity index (χ0n) is 16.7. The van der Waals surface area contributed by atoms with Crippen molar-refractivity contribution in [2.75, 3.05) is 40.3 Å². The van der Waals surface area contributed by atoms with Gasteiger partial charge in [-0.3, -0.25) is 0 Å². The Kier molecular flexibility index (Phi) is 11.2. The molecule has 1 fully saturated rings. The van der Waals surface area contributed by atoms with Gasteiger partial charge in [0.25, 0.3) is 0 Å². The van der Waals surface area contributed by atoms with E-state index < -0.39 is 0 Å². The second kappa shape index (κ2) is 12.5. The van der Waals surface area contributed by atoms with Gasteiger partial charge in [-0.2, -0.15) is 0 Å². The van der Waals surface area contributed by atoms with Crippen molar-refractivity contribution in [1.29, 1.82) is 0 Å². The summed E-state index contributed by atoms with van der Waals surface area (Å²) in [5.74, 6) is 1.02. The van der Waals surface area contributed by atoms with Crippen molar-refractivity contribution >= 4 is 29.9 Å². The molecule has 6 heteroatoms. The van der Waals surface area contributed by atoms with Crippen LogP contribution in [0.2, 0.25) is 0 Å². The largest absolute Gasteiger partial charge is 0.378 e. The first-order valence-corrected chi connectivity index (χ1v) is 9.49. The fourth-order valence-corrected chi connectivity index (χ4v) is 3.25. The van der Waals surface area contributed by atoms with Crippen LogP contribution in [0, 0.1) is 0 Å². The molecule has 148 valence electrons. The van der Waals surface area contributed by atoms with Crippen LogP contribution in [0.4, 0.5) is 0 Å². The fraction of sp³-hybridized carbons (Fsp3) is 0.650. The first-order chi connectivity index (χ1) is 12.1. The minimum Gasteiger partial charge on any atom is -0.378 e. The highest BCUT2D eigenvalue weighted by Crippen LogP contribution is 2.14. The molecule has 0 amide bonds. The van der Waals surface area contributed by atoms with E-state index in [1.165, 1.54) is 11.1 Å². The molecule has 1 aromatic carbocycles. The number of nitrogens with zero attached hydrogens (tertiary/aromatic N) is 3. The molecule has 5 nitrogen and oxygen atoms in total. The van der Waals surface area contributed by atoms with Crippen molar-refractivity contribution < 1.29 is 4.74 Å². The molecule has 0 spiro atoms. The van der Waals surface area contributed by atoms with E-state index in [9.17, 15) is 0 Å². The van der Waals surface area contributed by atoms with Crippen molar-refractivity contribution in [1.82, 2.24) is 15.1 Å². The molecule has 0 aliphatic carbocycles. The number of aliphatic imine (C=N–C) groups is 1. The Hall–Kier alpha value is -0.860. The molecule has 0 atom stereocenters. The maximum atomic E-state index is 5.75. The molecule has 0 bridgehead atoms. The Balaban J connectivity index is 0.00000338. The van der Waals surface area contributed by atoms with Gasteiger partial charge in [-0.1, -0.05) is 24.3 Å². The Morgan fingerprint density at radius 2 is 1.92 bits per heavy atom. The van der Waals surface area contributed by atoms with Crippen molar-refractivity contribution in [2.45, 2.75) is 45.9 Å². The monoisotopic (exact) mass is 474 g/mol. The minimum atomic E-state index is 0. The quantitative estimate of drug-likeness (QED) is 0.374. The summed E-state index contributed by atoms with van der Waals surface area (Å²) >= 11 is 0. The van der Waals surface area contributed by atoms with Gasteiger partial charge in [0.15, 0.2) is 5.96 Å². The molecule has 1 aliphatic rings. The van der Waals surface area contributed by atoms with Crippen molar-refractivity contribution in [2.24, 2.45) is 4.99 Å².